The van der Waals surface area contributed by atoms with Crippen molar-refractivity contribution in [3.05, 3.63) is 0 Å². The van der Waals surface area contributed by atoms with E-state index in [-0.39, 0.29) is 24.0 Å². The van der Waals surface area contributed by atoms with Gasteiger partial charge in [-0.1, -0.05) is 0 Å². The Hall–Kier alpha value is -0.160. The van der Waals surface area contributed by atoms with Crippen molar-refractivity contribution in [1.82, 2.24) is 20.4 Å². The zero-order valence-electron chi connectivity index (χ0n) is 16.4. The Bertz CT molecular complexity index is 343. The van der Waals surface area contributed by atoms with Crippen molar-refractivity contribution in [3.63, 3.8) is 0 Å². The molecule has 0 unspecified atom stereocenters. The van der Waals surface area contributed by atoms with E-state index in [9.17, 15) is 0 Å². The van der Waals surface area contributed by atoms with Gasteiger partial charge in [0.15, 0.2) is 5.96 Å². The average Bonchev–Trinajstić information content (AvgIpc) is 3.41. The predicted molar refractivity (Wildman–Crippen MR) is 115 cm³/mol. The highest BCUT2D eigenvalue weighted by molar-refractivity contribution is 14.0. The zero-order valence-corrected chi connectivity index (χ0v) is 18.8. The molecule has 2 N–H and O–H groups in total. The van der Waals surface area contributed by atoms with Gasteiger partial charge in [-0.25, -0.2) is 0 Å². The third-order valence-corrected chi connectivity index (χ3v) is 4.24. The lowest BCUT2D eigenvalue weighted by Gasteiger charge is -2.22. The van der Waals surface area contributed by atoms with Gasteiger partial charge >= 0.3 is 0 Å². The lowest BCUT2D eigenvalue weighted by Crippen LogP contribution is -2.44. The molecule has 0 aromatic carbocycles. The summed E-state index contributed by atoms with van der Waals surface area (Å²) in [4.78, 5) is 9.10. The molecule has 0 aliphatic heterocycles. The van der Waals surface area contributed by atoms with Crippen LogP contribution in [0.5, 0.6) is 0 Å². The molecule has 0 aromatic rings. The molecule has 1 saturated carbocycles. The largest absolute Gasteiger partial charge is 0.385 e. The molecule has 1 rings (SSSR count). The molecular formula is C17H38IN5O2. The third-order valence-electron chi connectivity index (χ3n) is 4.24. The Balaban J connectivity index is 0.00000576. The standard InChI is InChI=1S/C17H37N5O2.HI/c1-18-17(19-8-11-21(2)10-5-14-23-3)20-9-12-22(13-15-24-4)16-6-7-16;/h16H,5-15H2,1-4H3,(H2,18,19,20);1H. The molecule has 0 atom stereocenters. The van der Waals surface area contributed by atoms with E-state index in [2.05, 4.69) is 32.5 Å². The topological polar surface area (TPSA) is 61.4 Å². The number of hydrogen-bond acceptors (Lipinski definition) is 5. The minimum atomic E-state index is 0. The monoisotopic (exact) mass is 471 g/mol. The number of likely N-dealkylation sites (N-methyl/N-ethyl adjacent to an activating group) is 1. The highest BCUT2D eigenvalue weighted by Gasteiger charge is 2.28. The number of nitrogens with zero attached hydrogens (tertiary/aromatic N) is 3. The first-order chi connectivity index (χ1) is 11.7. The first kappa shape index (κ1) is 24.8. The van der Waals surface area contributed by atoms with Gasteiger partial charge in [-0.15, -0.1) is 24.0 Å². The number of halogens is 1. The summed E-state index contributed by atoms with van der Waals surface area (Å²) in [6.45, 7) is 7.51. The highest BCUT2D eigenvalue weighted by Crippen LogP contribution is 2.25. The summed E-state index contributed by atoms with van der Waals surface area (Å²) >= 11 is 0. The van der Waals surface area contributed by atoms with Crippen molar-refractivity contribution in [2.24, 2.45) is 4.99 Å². The zero-order chi connectivity index (χ0) is 17.6. The molecular weight excluding hydrogens is 433 g/mol. The number of hydrogen-bond donors (Lipinski definition) is 2. The maximum Gasteiger partial charge on any atom is 0.191 e. The van der Waals surface area contributed by atoms with E-state index in [0.29, 0.717) is 0 Å². The van der Waals surface area contributed by atoms with Crippen molar-refractivity contribution in [2.75, 3.05) is 80.8 Å². The van der Waals surface area contributed by atoms with Crippen molar-refractivity contribution in [1.29, 1.82) is 0 Å². The molecule has 1 fully saturated rings. The van der Waals surface area contributed by atoms with Crippen LogP contribution in [0, 0.1) is 0 Å². The molecule has 7 nitrogen and oxygen atoms in total. The lowest BCUT2D eigenvalue weighted by atomic mass is 10.4. The molecule has 1 aliphatic rings. The fraction of sp³-hybridized carbons (Fsp3) is 0.941. The third kappa shape index (κ3) is 12.8. The van der Waals surface area contributed by atoms with Crippen LogP contribution in [0.15, 0.2) is 4.99 Å². The van der Waals surface area contributed by atoms with Crippen LogP contribution < -0.4 is 10.6 Å². The molecule has 0 saturated heterocycles. The summed E-state index contributed by atoms with van der Waals surface area (Å²) in [5, 5.41) is 6.78. The van der Waals surface area contributed by atoms with Gasteiger partial charge in [0, 0.05) is 73.2 Å². The number of methoxy groups -OCH3 is 2. The quantitative estimate of drug-likeness (QED) is 0.170. The molecule has 0 heterocycles. The Morgan fingerprint density at radius 1 is 1.00 bits per heavy atom. The van der Waals surface area contributed by atoms with E-state index >= 15 is 0 Å². The van der Waals surface area contributed by atoms with Crippen LogP contribution in [0.2, 0.25) is 0 Å². The average molecular weight is 471 g/mol. The number of nitrogens with one attached hydrogen (secondary N) is 2. The first-order valence-electron chi connectivity index (χ1n) is 9.06. The van der Waals surface area contributed by atoms with Crippen molar-refractivity contribution in [2.45, 2.75) is 25.3 Å². The second-order valence-electron chi connectivity index (χ2n) is 6.34. The molecule has 0 bridgehead atoms. The molecule has 0 spiro atoms. The molecule has 25 heavy (non-hydrogen) atoms. The predicted octanol–water partition coefficient (Wildman–Crippen LogP) is 0.849. The van der Waals surface area contributed by atoms with E-state index in [1.54, 1.807) is 14.2 Å². The Morgan fingerprint density at radius 2 is 1.64 bits per heavy atom. The minimum Gasteiger partial charge on any atom is -0.385 e. The number of ether oxygens (including phenoxy) is 2. The van der Waals surface area contributed by atoms with Gasteiger partial charge in [-0.05, 0) is 26.3 Å². The van der Waals surface area contributed by atoms with Crippen LogP contribution in [0.3, 0.4) is 0 Å². The summed E-state index contributed by atoms with van der Waals surface area (Å²) in [5.41, 5.74) is 0. The molecule has 0 amide bonds. The van der Waals surface area contributed by atoms with Gasteiger partial charge in [0.2, 0.25) is 0 Å². The van der Waals surface area contributed by atoms with Gasteiger partial charge in [-0.3, -0.25) is 9.89 Å². The smallest absolute Gasteiger partial charge is 0.191 e. The number of aliphatic imine (C=N–C) groups is 1. The maximum atomic E-state index is 5.20. The second-order valence-corrected chi connectivity index (χ2v) is 6.34. The lowest BCUT2D eigenvalue weighted by molar-refractivity contribution is 0.144. The molecule has 0 radical (unpaired) electrons. The summed E-state index contributed by atoms with van der Waals surface area (Å²) in [6.07, 6.45) is 3.72. The van der Waals surface area contributed by atoms with Gasteiger partial charge in [0.25, 0.3) is 0 Å². The summed E-state index contributed by atoms with van der Waals surface area (Å²) in [5.74, 6) is 0.878. The highest BCUT2D eigenvalue weighted by atomic mass is 127. The van der Waals surface area contributed by atoms with Crippen molar-refractivity contribution in [3.8, 4) is 0 Å². The van der Waals surface area contributed by atoms with Crippen LogP contribution in [0.25, 0.3) is 0 Å². The normalized spacial score (nSPS) is 14.7. The van der Waals surface area contributed by atoms with Crippen LogP contribution in [0.4, 0.5) is 0 Å². The van der Waals surface area contributed by atoms with E-state index in [0.717, 1.165) is 70.9 Å². The molecule has 8 heteroatoms. The minimum absolute atomic E-state index is 0. The first-order valence-corrected chi connectivity index (χ1v) is 9.06. The SMILES string of the molecule is CN=C(NCCN(C)CCCOC)NCCN(CCOC)C1CC1.I. The van der Waals surface area contributed by atoms with Crippen LogP contribution in [0.1, 0.15) is 19.3 Å². The van der Waals surface area contributed by atoms with Crippen LogP contribution in [-0.4, -0.2) is 103 Å². The Morgan fingerprint density at radius 3 is 2.20 bits per heavy atom. The summed E-state index contributed by atoms with van der Waals surface area (Å²) < 4.78 is 10.3. The van der Waals surface area contributed by atoms with Gasteiger partial charge in [0.1, 0.15) is 0 Å². The number of rotatable bonds is 14. The molecule has 0 aromatic heterocycles. The van der Waals surface area contributed by atoms with E-state index in [1.165, 1.54) is 12.8 Å². The van der Waals surface area contributed by atoms with Crippen molar-refractivity contribution < 1.29 is 9.47 Å². The number of guanidine groups is 1. The van der Waals surface area contributed by atoms with Gasteiger partial charge < -0.3 is 25.0 Å². The van der Waals surface area contributed by atoms with Crippen LogP contribution in [-0.2, 0) is 9.47 Å². The van der Waals surface area contributed by atoms with Gasteiger partial charge in [-0.2, -0.15) is 0 Å². The molecule has 1 aliphatic carbocycles. The molecule has 150 valence electrons. The van der Waals surface area contributed by atoms with Crippen LogP contribution >= 0.6 is 24.0 Å². The second kappa shape index (κ2) is 16.0. The Labute approximate surface area is 170 Å². The van der Waals surface area contributed by atoms with E-state index in [4.69, 9.17) is 9.47 Å². The van der Waals surface area contributed by atoms with Gasteiger partial charge in [0.05, 0.1) is 6.61 Å². The van der Waals surface area contributed by atoms with E-state index in [1.807, 2.05) is 7.05 Å². The Kier molecular flexibility index (Phi) is 15.9. The summed E-state index contributed by atoms with van der Waals surface area (Å²) in [6, 6.07) is 0.762. The van der Waals surface area contributed by atoms with E-state index < -0.39 is 0 Å². The summed E-state index contributed by atoms with van der Waals surface area (Å²) in [7, 11) is 7.47. The van der Waals surface area contributed by atoms with Crippen molar-refractivity contribution >= 4 is 29.9 Å². The fourth-order valence-corrected chi connectivity index (χ4v) is 2.62. The maximum absolute atomic E-state index is 5.20. The fourth-order valence-electron chi connectivity index (χ4n) is 2.62.